The Hall–Kier alpha value is -2.62. The van der Waals surface area contributed by atoms with Crippen LogP contribution >= 0.6 is 0 Å². The Kier molecular flexibility index (Phi) is 4.27. The highest BCUT2D eigenvalue weighted by Crippen LogP contribution is 2.30. The van der Waals surface area contributed by atoms with Crippen molar-refractivity contribution in [2.24, 2.45) is 5.92 Å². The molecule has 1 aromatic heterocycles. The first-order valence-electron chi connectivity index (χ1n) is 9.38. The molecule has 1 aliphatic rings. The summed E-state index contributed by atoms with van der Waals surface area (Å²) in [7, 11) is 0. The molecule has 4 nitrogen and oxygen atoms in total. The van der Waals surface area contributed by atoms with Crippen LogP contribution in [0.1, 0.15) is 49.2 Å². The van der Waals surface area contributed by atoms with Crippen LogP contribution < -0.4 is 5.32 Å². The van der Waals surface area contributed by atoms with E-state index in [1.165, 1.54) is 19.3 Å². The highest BCUT2D eigenvalue weighted by molar-refractivity contribution is 6.05. The number of nitrogens with zero attached hydrogens (tertiary/aromatic N) is 2. The zero-order chi connectivity index (χ0) is 18.1. The summed E-state index contributed by atoms with van der Waals surface area (Å²) in [4.78, 5) is 13.0. The summed E-state index contributed by atoms with van der Waals surface area (Å²) in [6.07, 6.45) is 3.83. The highest BCUT2D eigenvalue weighted by Gasteiger charge is 2.27. The molecule has 3 aromatic rings. The first-order chi connectivity index (χ1) is 12.5. The van der Waals surface area contributed by atoms with Crippen molar-refractivity contribution in [1.29, 1.82) is 0 Å². The molecule has 4 rings (SSSR count). The molecular formula is C22H25N3O. The van der Waals surface area contributed by atoms with Gasteiger partial charge in [-0.25, -0.2) is 0 Å². The van der Waals surface area contributed by atoms with Gasteiger partial charge >= 0.3 is 0 Å². The molecule has 1 aliphatic carbocycles. The highest BCUT2D eigenvalue weighted by atomic mass is 16.2. The molecule has 0 aliphatic heterocycles. The van der Waals surface area contributed by atoms with Gasteiger partial charge in [-0.05, 0) is 44.2 Å². The van der Waals surface area contributed by atoms with Gasteiger partial charge < -0.3 is 5.32 Å². The van der Waals surface area contributed by atoms with Crippen LogP contribution in [0.15, 0.2) is 54.6 Å². The number of hydrogen-bond donors (Lipinski definition) is 1. The van der Waals surface area contributed by atoms with E-state index in [1.54, 1.807) is 0 Å². The fourth-order valence-electron chi connectivity index (χ4n) is 3.62. The van der Waals surface area contributed by atoms with E-state index >= 15 is 0 Å². The molecule has 1 fully saturated rings. The lowest BCUT2D eigenvalue weighted by atomic mass is 9.85. The van der Waals surface area contributed by atoms with E-state index in [0.29, 0.717) is 11.6 Å². The standard InChI is InChI=1S/C22H25N3O/c1-22(2,17-11-4-3-5-12-17)23-21(26)20-18-13-6-7-14-19(18)25(24-20)15-16-9-8-10-16/h3-7,11-14,16H,8-10,15H2,1-2H3,(H,23,26). The van der Waals surface area contributed by atoms with Crippen molar-refractivity contribution in [3.05, 3.63) is 65.9 Å². The Morgan fingerprint density at radius 2 is 1.81 bits per heavy atom. The molecule has 26 heavy (non-hydrogen) atoms. The zero-order valence-corrected chi connectivity index (χ0v) is 15.4. The van der Waals surface area contributed by atoms with Gasteiger partial charge in [-0.2, -0.15) is 5.10 Å². The van der Waals surface area contributed by atoms with Gasteiger partial charge in [-0.15, -0.1) is 0 Å². The van der Waals surface area contributed by atoms with E-state index in [0.717, 1.165) is 23.0 Å². The van der Waals surface area contributed by atoms with Crippen molar-refractivity contribution >= 4 is 16.8 Å². The van der Waals surface area contributed by atoms with Crippen LogP contribution in [0.25, 0.3) is 10.9 Å². The molecule has 0 saturated heterocycles. The summed E-state index contributed by atoms with van der Waals surface area (Å²) in [5, 5.41) is 8.78. The Morgan fingerprint density at radius 3 is 2.50 bits per heavy atom. The largest absolute Gasteiger partial charge is 0.342 e. The predicted molar refractivity (Wildman–Crippen MR) is 104 cm³/mol. The molecule has 2 aromatic carbocycles. The first-order valence-corrected chi connectivity index (χ1v) is 9.38. The molecule has 1 N–H and O–H groups in total. The molecule has 134 valence electrons. The summed E-state index contributed by atoms with van der Waals surface area (Å²) in [5.41, 5.74) is 2.18. The number of benzene rings is 2. The van der Waals surface area contributed by atoms with Gasteiger partial charge in [0.25, 0.3) is 5.91 Å². The van der Waals surface area contributed by atoms with E-state index in [2.05, 4.69) is 11.4 Å². The Balaban J connectivity index is 1.64. The second-order valence-electron chi connectivity index (χ2n) is 7.79. The summed E-state index contributed by atoms with van der Waals surface area (Å²) in [6.45, 7) is 4.94. The van der Waals surface area contributed by atoms with Crippen LogP contribution in [0.2, 0.25) is 0 Å². The molecular weight excluding hydrogens is 322 g/mol. The quantitative estimate of drug-likeness (QED) is 0.738. The van der Waals surface area contributed by atoms with Gasteiger partial charge in [0, 0.05) is 11.9 Å². The SMILES string of the molecule is CC(C)(NC(=O)c1nn(CC2CCC2)c2ccccc12)c1ccccc1. The molecule has 1 saturated carbocycles. The maximum absolute atomic E-state index is 13.0. The maximum Gasteiger partial charge on any atom is 0.273 e. The molecule has 4 heteroatoms. The average Bonchev–Trinajstić information content (AvgIpc) is 2.97. The van der Waals surface area contributed by atoms with E-state index in [1.807, 2.05) is 67.1 Å². The minimum absolute atomic E-state index is 0.123. The normalized spacial score (nSPS) is 15.0. The average molecular weight is 347 g/mol. The number of hydrogen-bond acceptors (Lipinski definition) is 2. The van der Waals surface area contributed by atoms with Crippen molar-refractivity contribution < 1.29 is 4.79 Å². The number of carbonyl (C=O) groups excluding carboxylic acids is 1. The number of amides is 1. The molecule has 0 unspecified atom stereocenters. The van der Waals surface area contributed by atoms with Crippen LogP contribution in [0.4, 0.5) is 0 Å². The number of rotatable bonds is 5. The second-order valence-corrected chi connectivity index (χ2v) is 7.79. The number of nitrogens with one attached hydrogen (secondary N) is 1. The van der Waals surface area contributed by atoms with Gasteiger partial charge in [-0.1, -0.05) is 55.0 Å². The van der Waals surface area contributed by atoms with Crippen LogP contribution in [0, 0.1) is 5.92 Å². The molecule has 1 heterocycles. The third-order valence-corrected chi connectivity index (χ3v) is 5.45. The minimum Gasteiger partial charge on any atom is -0.342 e. The Morgan fingerprint density at radius 1 is 1.12 bits per heavy atom. The molecule has 1 amide bonds. The topological polar surface area (TPSA) is 46.9 Å². The number of fused-ring (bicyclic) bond motifs is 1. The second kappa shape index (κ2) is 6.60. The smallest absolute Gasteiger partial charge is 0.273 e. The van der Waals surface area contributed by atoms with Gasteiger partial charge in [0.2, 0.25) is 0 Å². The number of aromatic nitrogens is 2. The van der Waals surface area contributed by atoms with Gasteiger partial charge in [0.05, 0.1) is 11.1 Å². The lowest BCUT2D eigenvalue weighted by Gasteiger charge is -2.26. The van der Waals surface area contributed by atoms with Gasteiger partial charge in [-0.3, -0.25) is 9.48 Å². The van der Waals surface area contributed by atoms with Crippen molar-refractivity contribution in [2.75, 3.05) is 0 Å². The van der Waals surface area contributed by atoms with Crippen LogP contribution in [0.5, 0.6) is 0 Å². The third-order valence-electron chi connectivity index (χ3n) is 5.45. The van der Waals surface area contributed by atoms with Crippen molar-refractivity contribution in [3.63, 3.8) is 0 Å². The van der Waals surface area contributed by atoms with Gasteiger partial charge in [0.15, 0.2) is 5.69 Å². The Labute approximate surface area is 154 Å². The van der Waals surface area contributed by atoms with Crippen molar-refractivity contribution in [3.8, 4) is 0 Å². The first kappa shape index (κ1) is 16.8. The van der Waals surface area contributed by atoms with Crippen molar-refractivity contribution in [2.45, 2.75) is 45.2 Å². The number of para-hydroxylation sites is 1. The van der Waals surface area contributed by atoms with Crippen LogP contribution in [0.3, 0.4) is 0 Å². The van der Waals surface area contributed by atoms with Crippen LogP contribution in [-0.4, -0.2) is 15.7 Å². The zero-order valence-electron chi connectivity index (χ0n) is 15.4. The summed E-state index contributed by atoms with van der Waals surface area (Å²) in [5.74, 6) is 0.567. The lowest BCUT2D eigenvalue weighted by molar-refractivity contribution is 0.0907. The molecule has 0 bridgehead atoms. The molecule has 0 atom stereocenters. The van der Waals surface area contributed by atoms with Gasteiger partial charge in [0.1, 0.15) is 0 Å². The summed E-state index contributed by atoms with van der Waals surface area (Å²) >= 11 is 0. The summed E-state index contributed by atoms with van der Waals surface area (Å²) < 4.78 is 2.02. The maximum atomic E-state index is 13.0. The number of carbonyl (C=O) groups is 1. The van der Waals surface area contributed by atoms with E-state index < -0.39 is 5.54 Å². The molecule has 0 spiro atoms. The predicted octanol–water partition coefficient (Wildman–Crippen LogP) is 4.50. The summed E-state index contributed by atoms with van der Waals surface area (Å²) in [6, 6.07) is 18.1. The lowest BCUT2D eigenvalue weighted by Crippen LogP contribution is -2.41. The minimum atomic E-state index is -0.461. The van der Waals surface area contributed by atoms with Crippen LogP contribution in [-0.2, 0) is 12.1 Å². The van der Waals surface area contributed by atoms with E-state index in [9.17, 15) is 4.79 Å². The van der Waals surface area contributed by atoms with E-state index in [4.69, 9.17) is 5.10 Å². The fourth-order valence-corrected chi connectivity index (χ4v) is 3.62. The third kappa shape index (κ3) is 3.12. The Bertz CT molecular complexity index is 923. The monoisotopic (exact) mass is 347 g/mol. The van der Waals surface area contributed by atoms with Crippen molar-refractivity contribution in [1.82, 2.24) is 15.1 Å². The van der Waals surface area contributed by atoms with E-state index in [-0.39, 0.29) is 5.91 Å². The molecule has 0 radical (unpaired) electrons. The fraction of sp³-hybridized carbons (Fsp3) is 0.364.